The van der Waals surface area contributed by atoms with Crippen molar-refractivity contribution in [3.8, 4) is 0 Å². The lowest BCUT2D eigenvalue weighted by Gasteiger charge is -2.43. The number of Topliss-reactive ketones (excluding diaryl/α,β-unsaturated/α-hetero) is 2. The van der Waals surface area contributed by atoms with E-state index in [9.17, 15) is 19.2 Å². The third-order valence-electron chi connectivity index (χ3n) is 5.98. The number of hydrogen-bond donors (Lipinski definition) is 0. The Morgan fingerprint density at radius 1 is 1.12 bits per heavy atom. The monoisotopic (exact) mass is 465 g/mol. The lowest BCUT2D eigenvalue weighted by atomic mass is 9.74. The van der Waals surface area contributed by atoms with E-state index in [4.69, 9.17) is 21.1 Å². The van der Waals surface area contributed by atoms with Crippen molar-refractivity contribution >= 4 is 35.2 Å². The van der Waals surface area contributed by atoms with Gasteiger partial charge in [-0.05, 0) is 38.2 Å². The number of likely N-dealkylation sites (N-methyl/N-ethyl adjacent to an activating group) is 1. The van der Waals surface area contributed by atoms with Gasteiger partial charge in [0.15, 0.2) is 5.78 Å². The number of halogens is 1. The number of esters is 1. The maximum Gasteiger partial charge on any atom is 0.413 e. The summed E-state index contributed by atoms with van der Waals surface area (Å²) in [7, 11) is 1.50. The number of amides is 1. The van der Waals surface area contributed by atoms with Crippen LogP contribution in [0.1, 0.15) is 65.4 Å². The van der Waals surface area contributed by atoms with Crippen LogP contribution in [0.5, 0.6) is 0 Å². The molecule has 0 spiro atoms. The highest BCUT2D eigenvalue weighted by Gasteiger charge is 2.49. The summed E-state index contributed by atoms with van der Waals surface area (Å²) in [5.41, 5.74) is -0.691. The van der Waals surface area contributed by atoms with Crippen LogP contribution >= 0.6 is 11.6 Å². The molecular formula is C24H32ClNO6. The normalized spacial score (nSPS) is 20.4. The molecule has 0 aromatic heterocycles. The molecule has 0 N–H and O–H groups in total. The molecule has 3 atom stereocenters. The van der Waals surface area contributed by atoms with Gasteiger partial charge in [-0.15, -0.1) is 0 Å². The van der Waals surface area contributed by atoms with Gasteiger partial charge >= 0.3 is 12.1 Å². The Bertz CT molecular complexity index is 870. The first-order valence-corrected chi connectivity index (χ1v) is 11.3. The topological polar surface area (TPSA) is 90.0 Å². The second-order valence-corrected chi connectivity index (χ2v) is 9.08. The van der Waals surface area contributed by atoms with E-state index in [0.29, 0.717) is 23.4 Å². The Hall–Kier alpha value is -2.41. The first-order valence-electron chi connectivity index (χ1n) is 10.9. The quantitative estimate of drug-likeness (QED) is 0.401. The van der Waals surface area contributed by atoms with Crippen LogP contribution in [0.15, 0.2) is 24.3 Å². The molecule has 7 nitrogen and oxygen atoms in total. The fourth-order valence-corrected chi connectivity index (χ4v) is 4.47. The average Bonchev–Trinajstić information content (AvgIpc) is 2.72. The molecule has 0 radical (unpaired) electrons. The van der Waals surface area contributed by atoms with Crippen LogP contribution < -0.4 is 0 Å². The molecule has 0 saturated heterocycles. The van der Waals surface area contributed by atoms with Gasteiger partial charge < -0.3 is 14.3 Å². The van der Waals surface area contributed by atoms with Crippen molar-refractivity contribution < 1.29 is 28.7 Å². The number of benzene rings is 1. The van der Waals surface area contributed by atoms with Gasteiger partial charge in [0.05, 0.1) is 5.92 Å². The highest BCUT2D eigenvalue weighted by molar-refractivity contribution is 6.31. The zero-order valence-corrected chi connectivity index (χ0v) is 20.1. The second kappa shape index (κ2) is 10.9. The molecule has 1 aliphatic carbocycles. The van der Waals surface area contributed by atoms with Gasteiger partial charge in [-0.3, -0.25) is 14.5 Å². The number of nitrogens with zero attached hydrogens (tertiary/aromatic N) is 1. The first-order chi connectivity index (χ1) is 15.0. The Morgan fingerprint density at radius 2 is 1.78 bits per heavy atom. The molecule has 0 heterocycles. The summed E-state index contributed by atoms with van der Waals surface area (Å²) in [6.07, 6.45) is 0.314. The standard InChI is InChI=1S/C24H32ClNO6/c1-15(2)18(14-16(3)27)22(29)31-17(4)32-23(30)26(5)24(13-9-8-12-21(24)28)19-10-6-7-11-20(19)25/h6-7,10-11,15,17-18H,8-9,12-14H2,1-5H3/t17?,18-,24-/m0/s1. The first kappa shape index (κ1) is 25.8. The third-order valence-corrected chi connectivity index (χ3v) is 6.31. The molecule has 1 aliphatic rings. The zero-order chi connectivity index (χ0) is 24.1. The van der Waals surface area contributed by atoms with E-state index in [0.717, 1.165) is 12.8 Å². The predicted molar refractivity (Wildman–Crippen MR) is 120 cm³/mol. The van der Waals surface area contributed by atoms with Crippen LogP contribution in [0.2, 0.25) is 5.02 Å². The number of carbonyl (C=O) groups excluding carboxylic acids is 4. The van der Waals surface area contributed by atoms with Gasteiger partial charge in [-0.2, -0.15) is 0 Å². The summed E-state index contributed by atoms with van der Waals surface area (Å²) in [5, 5.41) is 0.394. The molecular weight excluding hydrogens is 434 g/mol. The van der Waals surface area contributed by atoms with Gasteiger partial charge in [0, 0.05) is 37.4 Å². The fourth-order valence-electron chi connectivity index (χ4n) is 4.18. The van der Waals surface area contributed by atoms with Crippen molar-refractivity contribution in [1.29, 1.82) is 0 Å². The summed E-state index contributed by atoms with van der Waals surface area (Å²) >= 11 is 6.41. The van der Waals surface area contributed by atoms with Crippen molar-refractivity contribution in [1.82, 2.24) is 4.90 Å². The van der Waals surface area contributed by atoms with Crippen molar-refractivity contribution in [2.75, 3.05) is 7.05 Å². The average molecular weight is 466 g/mol. The van der Waals surface area contributed by atoms with Crippen molar-refractivity contribution in [3.05, 3.63) is 34.9 Å². The van der Waals surface area contributed by atoms with E-state index < -0.39 is 29.8 Å². The van der Waals surface area contributed by atoms with Crippen LogP contribution in [0.3, 0.4) is 0 Å². The number of ether oxygens (including phenoxy) is 2. The van der Waals surface area contributed by atoms with Gasteiger partial charge in [-0.1, -0.05) is 43.6 Å². The number of rotatable bonds is 8. The van der Waals surface area contributed by atoms with Crippen molar-refractivity contribution in [3.63, 3.8) is 0 Å². The maximum atomic E-state index is 13.1. The molecule has 1 aromatic carbocycles. The van der Waals surface area contributed by atoms with Crippen LogP contribution in [0.25, 0.3) is 0 Å². The Morgan fingerprint density at radius 3 is 2.34 bits per heavy atom. The Labute approximate surface area is 194 Å². The van der Waals surface area contributed by atoms with Crippen LogP contribution in [0, 0.1) is 11.8 Å². The molecule has 1 saturated carbocycles. The third kappa shape index (κ3) is 5.68. The summed E-state index contributed by atoms with van der Waals surface area (Å²) in [6, 6.07) is 6.97. The molecule has 1 aromatic rings. The van der Waals surface area contributed by atoms with E-state index in [1.54, 1.807) is 24.3 Å². The molecule has 176 valence electrons. The SMILES string of the molecule is CC(=O)C[C@H](C(=O)OC(C)OC(=O)N(C)[C@]1(c2ccccc2Cl)CCCCC1=O)C(C)C. The highest BCUT2D eigenvalue weighted by atomic mass is 35.5. The second-order valence-electron chi connectivity index (χ2n) is 8.67. The fraction of sp³-hybridized carbons (Fsp3) is 0.583. The van der Waals surface area contributed by atoms with Gasteiger partial charge in [0.25, 0.3) is 0 Å². The molecule has 1 amide bonds. The molecule has 1 fully saturated rings. The molecule has 0 bridgehead atoms. The summed E-state index contributed by atoms with van der Waals surface area (Å²) in [5.74, 6) is -1.57. The Balaban J connectivity index is 2.20. The molecule has 2 rings (SSSR count). The van der Waals surface area contributed by atoms with Crippen LogP contribution in [-0.4, -0.2) is 41.9 Å². The zero-order valence-electron chi connectivity index (χ0n) is 19.4. The van der Waals surface area contributed by atoms with E-state index in [1.165, 1.54) is 25.8 Å². The van der Waals surface area contributed by atoms with Gasteiger partial charge in [0.1, 0.15) is 11.3 Å². The van der Waals surface area contributed by atoms with E-state index >= 15 is 0 Å². The summed E-state index contributed by atoms with van der Waals surface area (Å²) in [4.78, 5) is 51.4. The number of hydrogen-bond acceptors (Lipinski definition) is 6. The number of carbonyl (C=O) groups is 4. The molecule has 1 unspecified atom stereocenters. The highest BCUT2D eigenvalue weighted by Crippen LogP contribution is 2.42. The molecule has 32 heavy (non-hydrogen) atoms. The Kier molecular flexibility index (Phi) is 8.84. The van der Waals surface area contributed by atoms with Crippen molar-refractivity contribution in [2.45, 2.75) is 71.6 Å². The van der Waals surface area contributed by atoms with Crippen molar-refractivity contribution in [2.24, 2.45) is 11.8 Å². The molecule has 8 heteroatoms. The largest absolute Gasteiger partial charge is 0.425 e. The summed E-state index contributed by atoms with van der Waals surface area (Å²) in [6.45, 7) is 6.48. The van der Waals surface area contributed by atoms with Gasteiger partial charge in [0.2, 0.25) is 6.29 Å². The van der Waals surface area contributed by atoms with E-state index in [2.05, 4.69) is 0 Å². The summed E-state index contributed by atoms with van der Waals surface area (Å²) < 4.78 is 10.7. The molecule has 0 aliphatic heterocycles. The van der Waals surface area contributed by atoms with Crippen LogP contribution in [0.4, 0.5) is 4.79 Å². The van der Waals surface area contributed by atoms with Crippen LogP contribution in [-0.2, 0) is 29.4 Å². The minimum Gasteiger partial charge on any atom is -0.425 e. The van der Waals surface area contributed by atoms with E-state index in [1.807, 2.05) is 13.8 Å². The lowest BCUT2D eigenvalue weighted by molar-refractivity contribution is -0.174. The smallest absolute Gasteiger partial charge is 0.413 e. The van der Waals surface area contributed by atoms with E-state index in [-0.39, 0.29) is 23.9 Å². The predicted octanol–water partition coefficient (Wildman–Crippen LogP) is 4.89. The minimum atomic E-state index is -1.24. The van der Waals surface area contributed by atoms with Gasteiger partial charge in [-0.25, -0.2) is 4.79 Å². The lowest BCUT2D eigenvalue weighted by Crippen LogP contribution is -2.54. The minimum absolute atomic E-state index is 0.0567. The maximum absolute atomic E-state index is 13.1. The number of ketones is 2.